The first kappa shape index (κ1) is 6.23. The Kier molecular flexibility index (Phi) is 1.24. The van der Waals surface area contributed by atoms with Crippen LogP contribution < -0.4 is 0 Å². The van der Waals surface area contributed by atoms with Gasteiger partial charge < -0.3 is 9.64 Å². The van der Waals surface area contributed by atoms with Gasteiger partial charge in [0.05, 0.1) is 12.2 Å². The molecule has 2 nitrogen and oxygen atoms in total. The molecule has 0 aromatic carbocycles. The first-order valence-electron chi connectivity index (χ1n) is 3.84. The van der Waals surface area contributed by atoms with E-state index in [2.05, 4.69) is 24.2 Å². The Bertz CT molecular complexity index is 161. The Morgan fingerprint density at radius 3 is 2.70 bits per heavy atom. The van der Waals surface area contributed by atoms with Gasteiger partial charge in [0.1, 0.15) is 0 Å². The molecular weight excluding hydrogens is 126 g/mol. The smallest absolute Gasteiger partial charge is 0.0918 e. The number of ether oxygens (including phenoxy) is 1. The average Bonchev–Trinajstić information content (AvgIpc) is 1.86. The quantitative estimate of drug-likeness (QED) is 0.496. The van der Waals surface area contributed by atoms with E-state index >= 15 is 0 Å². The van der Waals surface area contributed by atoms with Crippen LogP contribution in [0.3, 0.4) is 0 Å². The predicted octanol–water partition coefficient (Wildman–Crippen LogP) is 0.995. The highest BCUT2D eigenvalue weighted by Gasteiger charge is 2.37. The van der Waals surface area contributed by atoms with Crippen LogP contribution in [0.5, 0.6) is 0 Å². The van der Waals surface area contributed by atoms with Gasteiger partial charge in [0.2, 0.25) is 0 Å². The molecule has 1 unspecified atom stereocenters. The second-order valence-corrected chi connectivity index (χ2v) is 3.21. The molecule has 2 rings (SSSR count). The maximum atomic E-state index is 5.49. The molecule has 0 saturated carbocycles. The van der Waals surface area contributed by atoms with Crippen LogP contribution in [0.2, 0.25) is 0 Å². The zero-order valence-electron chi connectivity index (χ0n) is 6.34. The monoisotopic (exact) mass is 139 g/mol. The molecule has 0 amide bonds. The maximum Gasteiger partial charge on any atom is 0.0918 e. The van der Waals surface area contributed by atoms with E-state index in [0.29, 0.717) is 0 Å². The highest BCUT2D eigenvalue weighted by atomic mass is 16.5. The minimum absolute atomic E-state index is 0.159. The molecule has 0 aliphatic carbocycles. The highest BCUT2D eigenvalue weighted by Crippen LogP contribution is 2.33. The van der Waals surface area contributed by atoms with Gasteiger partial charge in [-0.2, -0.15) is 0 Å². The van der Waals surface area contributed by atoms with Gasteiger partial charge in [-0.3, -0.25) is 0 Å². The minimum atomic E-state index is 0.159. The molecule has 2 aliphatic heterocycles. The molecule has 0 radical (unpaired) electrons. The van der Waals surface area contributed by atoms with Gasteiger partial charge in [0.15, 0.2) is 0 Å². The molecule has 0 aromatic rings. The van der Waals surface area contributed by atoms with Gasteiger partial charge in [-0.05, 0) is 18.7 Å². The van der Waals surface area contributed by atoms with Crippen LogP contribution in [0.1, 0.15) is 12.8 Å². The zero-order valence-corrected chi connectivity index (χ0v) is 6.34. The van der Waals surface area contributed by atoms with Crippen LogP contribution >= 0.6 is 0 Å². The maximum absolute atomic E-state index is 5.49. The molecule has 2 heterocycles. The fraction of sp³-hybridized carbons (Fsp3) is 0.750. The van der Waals surface area contributed by atoms with E-state index in [0.717, 1.165) is 13.2 Å². The van der Waals surface area contributed by atoms with E-state index in [1.165, 1.54) is 12.8 Å². The van der Waals surface area contributed by atoms with Crippen molar-refractivity contribution in [3.63, 3.8) is 0 Å². The summed E-state index contributed by atoms with van der Waals surface area (Å²) in [5, 5.41) is 0. The standard InChI is InChI=1S/C8H13NO/c1-9-5-2-8(3-6-9)4-7-10-8/h2,5H,3-4,6-7H2,1H3. The summed E-state index contributed by atoms with van der Waals surface area (Å²) in [6.07, 6.45) is 6.71. The van der Waals surface area contributed by atoms with Crippen molar-refractivity contribution in [2.75, 3.05) is 20.2 Å². The van der Waals surface area contributed by atoms with Crippen molar-refractivity contribution in [3.05, 3.63) is 12.3 Å². The van der Waals surface area contributed by atoms with Crippen molar-refractivity contribution in [2.45, 2.75) is 18.4 Å². The van der Waals surface area contributed by atoms with Crippen molar-refractivity contribution in [1.82, 2.24) is 4.90 Å². The largest absolute Gasteiger partial charge is 0.380 e. The lowest BCUT2D eigenvalue weighted by atomic mass is 9.89. The normalized spacial score (nSPS) is 38.3. The van der Waals surface area contributed by atoms with Crippen LogP contribution in [-0.2, 0) is 4.74 Å². The minimum Gasteiger partial charge on any atom is -0.380 e. The highest BCUT2D eigenvalue weighted by molar-refractivity contribution is 5.09. The molecule has 0 aromatic heterocycles. The second-order valence-electron chi connectivity index (χ2n) is 3.21. The first-order chi connectivity index (χ1) is 4.81. The SMILES string of the molecule is CN1C=CC2(CCO2)CC1. The van der Waals surface area contributed by atoms with Gasteiger partial charge in [0, 0.05) is 20.0 Å². The van der Waals surface area contributed by atoms with E-state index in [9.17, 15) is 0 Å². The Morgan fingerprint density at radius 1 is 1.50 bits per heavy atom. The lowest BCUT2D eigenvalue weighted by Crippen LogP contribution is -2.46. The molecule has 10 heavy (non-hydrogen) atoms. The zero-order chi connectivity index (χ0) is 7.03. The van der Waals surface area contributed by atoms with E-state index < -0.39 is 0 Å². The van der Waals surface area contributed by atoms with E-state index in [-0.39, 0.29) is 5.60 Å². The van der Waals surface area contributed by atoms with E-state index in [1.54, 1.807) is 0 Å². The molecule has 0 bridgehead atoms. The molecule has 0 N–H and O–H groups in total. The summed E-state index contributed by atoms with van der Waals surface area (Å²) in [5.41, 5.74) is 0.159. The van der Waals surface area contributed by atoms with Crippen molar-refractivity contribution < 1.29 is 4.74 Å². The number of rotatable bonds is 0. The van der Waals surface area contributed by atoms with Crippen molar-refractivity contribution in [2.24, 2.45) is 0 Å². The van der Waals surface area contributed by atoms with Gasteiger partial charge in [-0.25, -0.2) is 0 Å². The Hall–Kier alpha value is -0.500. The molecule has 1 spiro atoms. The van der Waals surface area contributed by atoms with Crippen molar-refractivity contribution >= 4 is 0 Å². The van der Waals surface area contributed by atoms with Gasteiger partial charge >= 0.3 is 0 Å². The summed E-state index contributed by atoms with van der Waals surface area (Å²) in [4.78, 5) is 2.20. The summed E-state index contributed by atoms with van der Waals surface area (Å²) in [6.45, 7) is 2.09. The van der Waals surface area contributed by atoms with Gasteiger partial charge in [-0.1, -0.05) is 0 Å². The van der Waals surface area contributed by atoms with Gasteiger partial charge in [-0.15, -0.1) is 0 Å². The predicted molar refractivity (Wildman–Crippen MR) is 39.7 cm³/mol. The lowest BCUT2D eigenvalue weighted by molar-refractivity contribution is -0.122. The molecule has 1 fully saturated rings. The summed E-state index contributed by atoms with van der Waals surface area (Å²) in [7, 11) is 2.10. The third-order valence-corrected chi connectivity index (χ3v) is 2.44. The van der Waals surface area contributed by atoms with Crippen LogP contribution in [0.4, 0.5) is 0 Å². The van der Waals surface area contributed by atoms with Crippen molar-refractivity contribution in [1.29, 1.82) is 0 Å². The third-order valence-electron chi connectivity index (χ3n) is 2.44. The topological polar surface area (TPSA) is 12.5 Å². The number of hydrogen-bond donors (Lipinski definition) is 0. The first-order valence-corrected chi connectivity index (χ1v) is 3.84. The van der Waals surface area contributed by atoms with Crippen LogP contribution in [0.15, 0.2) is 12.3 Å². The summed E-state index contributed by atoms with van der Waals surface area (Å²) in [6, 6.07) is 0. The molecule has 2 heteroatoms. The van der Waals surface area contributed by atoms with E-state index in [4.69, 9.17) is 4.74 Å². The fourth-order valence-corrected chi connectivity index (χ4v) is 1.48. The Labute approximate surface area is 61.5 Å². The van der Waals surface area contributed by atoms with Crippen LogP contribution in [0, 0.1) is 0 Å². The van der Waals surface area contributed by atoms with Crippen molar-refractivity contribution in [3.8, 4) is 0 Å². The number of nitrogens with zero attached hydrogens (tertiary/aromatic N) is 1. The number of hydrogen-bond acceptors (Lipinski definition) is 2. The average molecular weight is 139 g/mol. The van der Waals surface area contributed by atoms with E-state index in [1.807, 2.05) is 0 Å². The molecule has 56 valence electrons. The third kappa shape index (κ3) is 0.833. The summed E-state index contributed by atoms with van der Waals surface area (Å²) < 4.78 is 5.49. The van der Waals surface area contributed by atoms with Crippen LogP contribution in [0.25, 0.3) is 0 Å². The Balaban J connectivity index is 2.07. The molecule has 1 atom stereocenters. The second kappa shape index (κ2) is 1.99. The molecular formula is C8H13NO. The Morgan fingerprint density at radius 2 is 2.30 bits per heavy atom. The van der Waals surface area contributed by atoms with Crippen LogP contribution in [-0.4, -0.2) is 30.7 Å². The molecule has 1 saturated heterocycles. The van der Waals surface area contributed by atoms with Gasteiger partial charge in [0.25, 0.3) is 0 Å². The lowest BCUT2D eigenvalue weighted by Gasteiger charge is -2.43. The summed E-state index contributed by atoms with van der Waals surface area (Å²) >= 11 is 0. The summed E-state index contributed by atoms with van der Waals surface area (Å²) in [5.74, 6) is 0. The fourth-order valence-electron chi connectivity index (χ4n) is 1.48. The molecule has 2 aliphatic rings.